The minimum Gasteiger partial charge on any atom is -0.377 e. The van der Waals surface area contributed by atoms with E-state index in [-0.39, 0.29) is 0 Å². The van der Waals surface area contributed by atoms with Crippen molar-refractivity contribution in [2.24, 2.45) is 0 Å². The predicted molar refractivity (Wildman–Crippen MR) is 64.2 cm³/mol. The predicted octanol–water partition coefficient (Wildman–Crippen LogP) is 3.42. The van der Waals surface area contributed by atoms with Crippen LogP contribution in [-0.4, -0.2) is 11.0 Å². The van der Waals surface area contributed by atoms with Gasteiger partial charge in [0, 0.05) is 6.61 Å². The summed E-state index contributed by atoms with van der Waals surface area (Å²) in [4.78, 5) is 0. The lowest BCUT2D eigenvalue weighted by atomic mass is 10.2. The first-order chi connectivity index (χ1) is 6.43. The SMILES string of the molecule is ICCCCOCc1ccccc1. The van der Waals surface area contributed by atoms with E-state index in [2.05, 4.69) is 34.7 Å². The van der Waals surface area contributed by atoms with Crippen molar-refractivity contribution in [2.75, 3.05) is 11.0 Å². The van der Waals surface area contributed by atoms with E-state index in [4.69, 9.17) is 4.74 Å². The van der Waals surface area contributed by atoms with Crippen molar-refractivity contribution in [2.45, 2.75) is 19.4 Å². The van der Waals surface area contributed by atoms with E-state index < -0.39 is 0 Å². The number of alkyl halides is 1. The molecule has 0 amide bonds. The van der Waals surface area contributed by atoms with E-state index in [1.54, 1.807) is 0 Å². The highest BCUT2D eigenvalue weighted by Crippen LogP contribution is 2.02. The Hall–Kier alpha value is -0.0900. The molecule has 0 aromatic heterocycles. The summed E-state index contributed by atoms with van der Waals surface area (Å²) in [6.07, 6.45) is 2.44. The summed E-state index contributed by atoms with van der Waals surface area (Å²) in [5, 5.41) is 0. The van der Waals surface area contributed by atoms with Gasteiger partial charge in [-0.25, -0.2) is 0 Å². The molecule has 1 aromatic carbocycles. The van der Waals surface area contributed by atoms with Crippen LogP contribution in [0.3, 0.4) is 0 Å². The number of hydrogen-bond donors (Lipinski definition) is 0. The third-order valence-electron chi connectivity index (χ3n) is 1.78. The number of ether oxygens (including phenoxy) is 1. The van der Waals surface area contributed by atoms with Crippen LogP contribution in [0.5, 0.6) is 0 Å². The van der Waals surface area contributed by atoms with Gasteiger partial charge in [0.25, 0.3) is 0 Å². The molecule has 0 N–H and O–H groups in total. The summed E-state index contributed by atoms with van der Waals surface area (Å²) < 4.78 is 6.75. The summed E-state index contributed by atoms with van der Waals surface area (Å²) in [6, 6.07) is 10.3. The van der Waals surface area contributed by atoms with Crippen LogP contribution in [0.1, 0.15) is 18.4 Å². The maximum atomic E-state index is 5.52. The monoisotopic (exact) mass is 290 g/mol. The number of rotatable bonds is 6. The van der Waals surface area contributed by atoms with E-state index in [9.17, 15) is 0 Å². The van der Waals surface area contributed by atoms with Crippen molar-refractivity contribution < 1.29 is 4.74 Å². The van der Waals surface area contributed by atoms with Gasteiger partial charge in [0.1, 0.15) is 0 Å². The van der Waals surface area contributed by atoms with Crippen LogP contribution in [0.2, 0.25) is 0 Å². The normalized spacial score (nSPS) is 10.2. The number of benzene rings is 1. The lowest BCUT2D eigenvalue weighted by Crippen LogP contribution is -1.95. The largest absolute Gasteiger partial charge is 0.377 e. The maximum absolute atomic E-state index is 5.52. The number of unbranched alkanes of at least 4 members (excludes halogenated alkanes) is 1. The second-order valence-electron chi connectivity index (χ2n) is 2.93. The molecule has 0 radical (unpaired) electrons. The third-order valence-corrected chi connectivity index (χ3v) is 2.55. The van der Waals surface area contributed by atoms with Gasteiger partial charge >= 0.3 is 0 Å². The van der Waals surface area contributed by atoms with Crippen molar-refractivity contribution in [3.63, 3.8) is 0 Å². The highest BCUT2D eigenvalue weighted by molar-refractivity contribution is 14.1. The van der Waals surface area contributed by atoms with Gasteiger partial charge in [0.2, 0.25) is 0 Å². The molecule has 0 fully saturated rings. The second kappa shape index (κ2) is 7.33. The lowest BCUT2D eigenvalue weighted by molar-refractivity contribution is 0.118. The average Bonchev–Trinajstić information content (AvgIpc) is 2.19. The summed E-state index contributed by atoms with van der Waals surface area (Å²) in [5.74, 6) is 0. The third kappa shape index (κ3) is 5.26. The van der Waals surface area contributed by atoms with Crippen molar-refractivity contribution >= 4 is 22.6 Å². The van der Waals surface area contributed by atoms with Crippen LogP contribution in [0.15, 0.2) is 30.3 Å². The Balaban J connectivity index is 2.07. The molecule has 0 aliphatic rings. The van der Waals surface area contributed by atoms with E-state index in [0.29, 0.717) is 0 Å². The molecular weight excluding hydrogens is 275 g/mol. The molecule has 0 saturated carbocycles. The Morgan fingerprint density at radius 3 is 2.54 bits per heavy atom. The smallest absolute Gasteiger partial charge is 0.0716 e. The molecule has 1 aromatic rings. The molecule has 1 rings (SSSR count). The minimum atomic E-state index is 0.752. The second-order valence-corrected chi connectivity index (χ2v) is 4.01. The molecule has 0 unspecified atom stereocenters. The van der Waals surface area contributed by atoms with Gasteiger partial charge in [-0.2, -0.15) is 0 Å². The lowest BCUT2D eigenvalue weighted by Gasteiger charge is -2.02. The Kier molecular flexibility index (Phi) is 6.19. The van der Waals surface area contributed by atoms with Crippen LogP contribution in [0, 0.1) is 0 Å². The molecule has 0 aliphatic heterocycles. The summed E-state index contributed by atoms with van der Waals surface area (Å²) in [7, 11) is 0. The van der Waals surface area contributed by atoms with Gasteiger partial charge in [-0.15, -0.1) is 0 Å². The van der Waals surface area contributed by atoms with Gasteiger partial charge < -0.3 is 4.74 Å². The van der Waals surface area contributed by atoms with Gasteiger partial charge in [-0.05, 0) is 22.8 Å². The van der Waals surface area contributed by atoms with E-state index >= 15 is 0 Å². The Bertz CT molecular complexity index is 211. The van der Waals surface area contributed by atoms with Crippen molar-refractivity contribution in [3.8, 4) is 0 Å². The molecule has 1 nitrogen and oxygen atoms in total. The molecule has 0 saturated heterocycles. The van der Waals surface area contributed by atoms with Crippen molar-refractivity contribution in [3.05, 3.63) is 35.9 Å². The highest BCUT2D eigenvalue weighted by atomic mass is 127. The molecular formula is C11H15IO. The van der Waals surface area contributed by atoms with Crippen LogP contribution < -0.4 is 0 Å². The molecule has 2 heteroatoms. The van der Waals surface area contributed by atoms with Crippen molar-refractivity contribution in [1.82, 2.24) is 0 Å². The first-order valence-electron chi connectivity index (χ1n) is 4.61. The number of halogens is 1. The Morgan fingerprint density at radius 1 is 1.08 bits per heavy atom. The summed E-state index contributed by atoms with van der Waals surface area (Å²) >= 11 is 2.40. The van der Waals surface area contributed by atoms with E-state index in [0.717, 1.165) is 13.2 Å². The maximum Gasteiger partial charge on any atom is 0.0716 e. The molecule has 13 heavy (non-hydrogen) atoms. The Morgan fingerprint density at radius 2 is 1.85 bits per heavy atom. The summed E-state index contributed by atoms with van der Waals surface area (Å²) in [5.41, 5.74) is 1.26. The Labute approximate surface area is 93.6 Å². The average molecular weight is 290 g/mol. The van der Waals surface area contributed by atoms with Gasteiger partial charge in [-0.1, -0.05) is 52.9 Å². The molecule has 72 valence electrons. The molecule has 0 aliphatic carbocycles. The first-order valence-corrected chi connectivity index (χ1v) is 6.13. The molecule has 0 atom stereocenters. The van der Waals surface area contributed by atoms with Gasteiger partial charge in [-0.3, -0.25) is 0 Å². The minimum absolute atomic E-state index is 0.752. The van der Waals surface area contributed by atoms with E-state index in [1.165, 1.54) is 22.8 Å². The van der Waals surface area contributed by atoms with Crippen LogP contribution >= 0.6 is 22.6 Å². The fraction of sp³-hybridized carbons (Fsp3) is 0.455. The zero-order valence-corrected chi connectivity index (χ0v) is 9.87. The van der Waals surface area contributed by atoms with Crippen LogP contribution in [-0.2, 0) is 11.3 Å². The number of hydrogen-bond acceptors (Lipinski definition) is 1. The quantitative estimate of drug-likeness (QED) is 0.443. The van der Waals surface area contributed by atoms with Crippen molar-refractivity contribution in [1.29, 1.82) is 0 Å². The first kappa shape index (κ1) is 11.0. The van der Waals surface area contributed by atoms with E-state index in [1.807, 2.05) is 18.2 Å². The van der Waals surface area contributed by atoms with Crippen LogP contribution in [0.25, 0.3) is 0 Å². The van der Waals surface area contributed by atoms with Crippen LogP contribution in [0.4, 0.5) is 0 Å². The van der Waals surface area contributed by atoms with Gasteiger partial charge in [0.05, 0.1) is 6.61 Å². The fourth-order valence-corrected chi connectivity index (χ4v) is 1.60. The molecule has 0 heterocycles. The zero-order chi connectivity index (χ0) is 9.36. The van der Waals surface area contributed by atoms with Gasteiger partial charge in [0.15, 0.2) is 0 Å². The fourth-order valence-electron chi connectivity index (χ4n) is 1.06. The zero-order valence-electron chi connectivity index (χ0n) is 7.71. The molecule has 0 bridgehead atoms. The standard InChI is InChI=1S/C11H15IO/c12-8-4-5-9-13-10-11-6-2-1-3-7-11/h1-3,6-7H,4-5,8-10H2. The highest BCUT2D eigenvalue weighted by Gasteiger charge is 1.91. The summed E-state index contributed by atoms with van der Waals surface area (Å²) in [6.45, 7) is 1.64. The molecule has 0 spiro atoms. The topological polar surface area (TPSA) is 9.23 Å².